The monoisotopic (exact) mass is 370 g/mol. The topological polar surface area (TPSA) is 241 Å². The molecule has 0 aliphatic rings. The second-order valence-corrected chi connectivity index (χ2v) is 3.06. The van der Waals surface area contributed by atoms with Crippen LogP contribution in [0.3, 0.4) is 0 Å². The van der Waals surface area contributed by atoms with E-state index in [2.05, 4.69) is 0 Å². The zero-order valence-electron chi connectivity index (χ0n) is 9.86. The van der Waals surface area contributed by atoms with Gasteiger partial charge in [-0.1, -0.05) is 0 Å². The van der Waals surface area contributed by atoms with E-state index in [1.165, 1.54) is 0 Å². The standard InChI is InChI=1S/2C4H6O6.Ge/c2*5-1(3(7)8)2(6)4(9)10;/h2*1-2,5-6H,(H,7,8)(H,9,10);/q;;+4/p-4. The first-order valence-electron chi connectivity index (χ1n) is 4.49. The molecule has 4 N–H and O–H groups in total. The van der Waals surface area contributed by atoms with E-state index in [0.29, 0.717) is 0 Å². The van der Waals surface area contributed by atoms with E-state index in [0.717, 1.165) is 0 Å². The van der Waals surface area contributed by atoms with E-state index in [-0.39, 0.29) is 17.6 Å². The van der Waals surface area contributed by atoms with E-state index in [4.69, 9.17) is 20.4 Å². The molecule has 116 valence electrons. The molecule has 0 aromatic heterocycles. The van der Waals surface area contributed by atoms with Gasteiger partial charge in [0.25, 0.3) is 0 Å². The van der Waals surface area contributed by atoms with Crippen molar-refractivity contribution in [2.24, 2.45) is 0 Å². The molecule has 0 radical (unpaired) electrons. The quantitative estimate of drug-likeness (QED) is 0.319. The van der Waals surface area contributed by atoms with Crippen molar-refractivity contribution in [1.29, 1.82) is 0 Å². The van der Waals surface area contributed by atoms with Crippen molar-refractivity contribution in [1.82, 2.24) is 0 Å². The van der Waals surface area contributed by atoms with Gasteiger partial charge in [0.2, 0.25) is 0 Å². The summed E-state index contributed by atoms with van der Waals surface area (Å²) in [5, 5.41) is 71.5. The second kappa shape index (κ2) is 11.0. The zero-order valence-corrected chi connectivity index (χ0v) is 12.0. The molecule has 13 heteroatoms. The number of carbonyl (C=O) groups excluding carboxylic acids is 4. The first-order chi connectivity index (χ1) is 8.93. The van der Waals surface area contributed by atoms with Crippen LogP contribution < -0.4 is 20.4 Å². The van der Waals surface area contributed by atoms with Crippen LogP contribution in [0, 0.1) is 0 Å². The predicted molar refractivity (Wildman–Crippen MR) is 49.8 cm³/mol. The molecule has 0 saturated heterocycles. The predicted octanol–water partition coefficient (Wildman–Crippen LogP) is -9.96. The van der Waals surface area contributed by atoms with Crippen molar-refractivity contribution in [2.45, 2.75) is 24.4 Å². The summed E-state index contributed by atoms with van der Waals surface area (Å²) in [6.07, 6.45) is -9.76. The summed E-state index contributed by atoms with van der Waals surface area (Å²) >= 11 is 0. The maximum Gasteiger partial charge on any atom is 4.00 e. The van der Waals surface area contributed by atoms with Gasteiger partial charge in [-0.15, -0.1) is 0 Å². The van der Waals surface area contributed by atoms with E-state index in [1.807, 2.05) is 0 Å². The first kappa shape index (κ1) is 24.3. The van der Waals surface area contributed by atoms with Gasteiger partial charge >= 0.3 is 17.6 Å². The smallest absolute Gasteiger partial charge is 0.547 e. The van der Waals surface area contributed by atoms with Crippen LogP contribution in [0.2, 0.25) is 0 Å². The summed E-state index contributed by atoms with van der Waals surface area (Å²) in [7, 11) is 0. The molecule has 0 rings (SSSR count). The van der Waals surface area contributed by atoms with Gasteiger partial charge in [-0.2, -0.15) is 0 Å². The van der Waals surface area contributed by atoms with Crippen molar-refractivity contribution in [2.75, 3.05) is 0 Å². The largest absolute Gasteiger partial charge is 4.00 e. The molecule has 4 unspecified atom stereocenters. The zero-order chi connectivity index (χ0) is 16.6. The Labute approximate surface area is 126 Å². The van der Waals surface area contributed by atoms with Crippen LogP contribution >= 0.6 is 0 Å². The minimum absolute atomic E-state index is 0. The molecule has 21 heavy (non-hydrogen) atoms. The Morgan fingerprint density at radius 2 is 0.619 bits per heavy atom. The number of carboxylic acid groups (broad SMARTS) is 4. The Kier molecular flexibility index (Phi) is 12.7. The normalized spacial score (nSPS) is 15.0. The summed E-state index contributed by atoms with van der Waals surface area (Å²) in [4.78, 5) is 38.5. The Morgan fingerprint density at radius 1 is 0.524 bits per heavy atom. The number of hydrogen-bond acceptors (Lipinski definition) is 12. The summed E-state index contributed by atoms with van der Waals surface area (Å²) < 4.78 is 0. The Hall–Kier alpha value is -1.74. The molecule has 0 amide bonds. The second-order valence-electron chi connectivity index (χ2n) is 3.06. The molecule has 0 spiro atoms. The van der Waals surface area contributed by atoms with E-state index in [9.17, 15) is 39.6 Å². The van der Waals surface area contributed by atoms with Crippen molar-refractivity contribution in [3.8, 4) is 0 Å². The molecular weight excluding hydrogens is 361 g/mol. The van der Waals surface area contributed by atoms with Crippen molar-refractivity contribution >= 4 is 41.5 Å². The van der Waals surface area contributed by atoms with Gasteiger partial charge < -0.3 is 60.0 Å². The Balaban J connectivity index is -0.000000295. The summed E-state index contributed by atoms with van der Waals surface area (Å²) in [6.45, 7) is 0. The number of aliphatic hydroxyl groups is 4. The molecule has 4 atom stereocenters. The van der Waals surface area contributed by atoms with Gasteiger partial charge in [0.05, 0.1) is 23.9 Å². The number of aliphatic hydroxyl groups excluding tert-OH is 4. The average molecular weight is 369 g/mol. The van der Waals surface area contributed by atoms with Crippen LogP contribution in [-0.2, 0) is 19.2 Å². The molecule has 0 aromatic rings. The average Bonchev–Trinajstić information content (AvgIpc) is 2.35. The third-order valence-electron chi connectivity index (χ3n) is 1.56. The van der Waals surface area contributed by atoms with Gasteiger partial charge in [-0.25, -0.2) is 0 Å². The van der Waals surface area contributed by atoms with Gasteiger partial charge in [0.1, 0.15) is 24.4 Å². The number of carbonyl (C=O) groups is 4. The summed E-state index contributed by atoms with van der Waals surface area (Å²) in [6, 6.07) is 0. The number of carboxylic acids is 4. The van der Waals surface area contributed by atoms with Gasteiger partial charge in [0, 0.05) is 0 Å². The van der Waals surface area contributed by atoms with E-state index in [1.54, 1.807) is 0 Å². The molecule has 0 aliphatic heterocycles. The van der Waals surface area contributed by atoms with Gasteiger partial charge in [0.15, 0.2) is 0 Å². The molecule has 0 heterocycles. The first-order valence-corrected chi connectivity index (χ1v) is 4.49. The van der Waals surface area contributed by atoms with Crippen LogP contribution in [0.4, 0.5) is 0 Å². The Morgan fingerprint density at radius 3 is 0.667 bits per heavy atom. The SMILES string of the molecule is O=C([O-])C(O)C(O)C(=O)[O-].O=C([O-])C(O)C(O)C(=O)[O-].[Ge+4]. The van der Waals surface area contributed by atoms with Crippen LogP contribution in [-0.4, -0.2) is 86.3 Å². The van der Waals surface area contributed by atoms with Crippen molar-refractivity contribution in [3.05, 3.63) is 0 Å². The third-order valence-corrected chi connectivity index (χ3v) is 1.56. The number of hydrogen-bond donors (Lipinski definition) is 4. The summed E-state index contributed by atoms with van der Waals surface area (Å²) in [5.41, 5.74) is 0. The fourth-order valence-electron chi connectivity index (χ4n) is 0.516. The third kappa shape index (κ3) is 9.75. The Bertz CT molecular complexity index is 309. The van der Waals surface area contributed by atoms with Crippen LogP contribution in [0.25, 0.3) is 0 Å². The molecule has 0 aliphatic carbocycles. The van der Waals surface area contributed by atoms with E-state index >= 15 is 0 Å². The maximum absolute atomic E-state index is 9.63. The van der Waals surface area contributed by atoms with Crippen LogP contribution in [0.1, 0.15) is 0 Å². The molecule has 0 aromatic carbocycles. The minimum atomic E-state index is -2.44. The number of aliphatic carboxylic acids is 4. The van der Waals surface area contributed by atoms with Crippen molar-refractivity contribution in [3.63, 3.8) is 0 Å². The summed E-state index contributed by atoms with van der Waals surface area (Å²) in [5.74, 6) is -8.23. The fourth-order valence-corrected chi connectivity index (χ4v) is 0.516. The molecule has 0 saturated carbocycles. The van der Waals surface area contributed by atoms with Crippen LogP contribution in [0.15, 0.2) is 0 Å². The van der Waals surface area contributed by atoms with E-state index < -0.39 is 48.3 Å². The molecule has 0 fully saturated rings. The van der Waals surface area contributed by atoms with Gasteiger partial charge in [-0.3, -0.25) is 0 Å². The van der Waals surface area contributed by atoms with Gasteiger partial charge in [-0.05, 0) is 0 Å². The molecule has 12 nitrogen and oxygen atoms in total. The van der Waals surface area contributed by atoms with Crippen LogP contribution in [0.5, 0.6) is 0 Å². The van der Waals surface area contributed by atoms with Crippen molar-refractivity contribution < 1.29 is 60.0 Å². The molecular formula is C8H8GeO12. The maximum atomic E-state index is 9.63. The minimum Gasteiger partial charge on any atom is -0.547 e. The fraction of sp³-hybridized carbons (Fsp3) is 0.500. The number of rotatable bonds is 6. The molecule has 0 bridgehead atoms.